The third-order valence-corrected chi connectivity index (χ3v) is 5.63. The Labute approximate surface area is 197 Å². The number of hydrogen-bond donors (Lipinski definition) is 3. The molecule has 34 heavy (non-hydrogen) atoms. The maximum atomic E-state index is 14.2. The van der Waals surface area contributed by atoms with E-state index in [1.807, 2.05) is 18.2 Å². The van der Waals surface area contributed by atoms with E-state index in [-0.39, 0.29) is 17.7 Å². The highest BCUT2D eigenvalue weighted by Crippen LogP contribution is 2.26. The van der Waals surface area contributed by atoms with E-state index < -0.39 is 23.7 Å². The van der Waals surface area contributed by atoms with Gasteiger partial charge in [0, 0.05) is 19.5 Å². The molecule has 0 aliphatic carbocycles. The van der Waals surface area contributed by atoms with Gasteiger partial charge < -0.3 is 25.4 Å². The number of carbonyl (C=O) groups excluding carboxylic acids is 2. The summed E-state index contributed by atoms with van der Waals surface area (Å²) in [5.74, 6) is -1.68. The molecular weight excluding hydrogens is 437 g/mol. The van der Waals surface area contributed by atoms with Crippen molar-refractivity contribution in [2.24, 2.45) is 0 Å². The van der Waals surface area contributed by atoms with Crippen LogP contribution in [0.4, 0.5) is 15.8 Å². The molecule has 4 rings (SSSR count). The first-order valence-corrected chi connectivity index (χ1v) is 11.1. The van der Waals surface area contributed by atoms with Gasteiger partial charge in [0.2, 0.25) is 5.91 Å². The number of phenols is 1. The average Bonchev–Trinajstić information content (AvgIpc) is 2.86. The lowest BCUT2D eigenvalue weighted by Gasteiger charge is -2.31. The van der Waals surface area contributed by atoms with Crippen LogP contribution in [0.2, 0.25) is 0 Å². The zero-order chi connectivity index (χ0) is 23.9. The third-order valence-electron chi connectivity index (χ3n) is 5.63. The van der Waals surface area contributed by atoms with E-state index in [2.05, 4.69) is 15.5 Å². The van der Waals surface area contributed by atoms with Gasteiger partial charge in [-0.25, -0.2) is 4.39 Å². The Hall–Kier alpha value is -3.91. The van der Waals surface area contributed by atoms with Crippen molar-refractivity contribution in [1.29, 1.82) is 0 Å². The molecule has 1 fully saturated rings. The molecule has 3 N–H and O–H groups in total. The number of aromatic hydroxyl groups is 1. The maximum Gasteiger partial charge on any atom is 0.254 e. The first kappa shape index (κ1) is 23.3. The molecule has 0 radical (unpaired) electrons. The van der Waals surface area contributed by atoms with Gasteiger partial charge in [-0.3, -0.25) is 9.59 Å². The summed E-state index contributed by atoms with van der Waals surface area (Å²) in [7, 11) is 0. The molecule has 8 heteroatoms. The molecule has 0 spiro atoms. The van der Waals surface area contributed by atoms with Gasteiger partial charge >= 0.3 is 0 Å². The van der Waals surface area contributed by atoms with E-state index in [1.54, 1.807) is 24.3 Å². The summed E-state index contributed by atoms with van der Waals surface area (Å²) < 4.78 is 19.6. The minimum absolute atomic E-state index is 0.0968. The Morgan fingerprint density at radius 2 is 1.65 bits per heavy atom. The number of morpholine rings is 1. The van der Waals surface area contributed by atoms with Gasteiger partial charge in [0.1, 0.15) is 17.6 Å². The molecule has 3 aromatic rings. The zero-order valence-electron chi connectivity index (χ0n) is 18.5. The minimum atomic E-state index is -0.977. The minimum Gasteiger partial charge on any atom is -0.508 e. The van der Waals surface area contributed by atoms with Gasteiger partial charge in [0.25, 0.3) is 5.91 Å². The van der Waals surface area contributed by atoms with Crippen LogP contribution in [-0.2, 0) is 16.0 Å². The van der Waals surface area contributed by atoms with Gasteiger partial charge in [0.15, 0.2) is 0 Å². The van der Waals surface area contributed by atoms with E-state index in [1.165, 1.54) is 30.3 Å². The Morgan fingerprint density at radius 3 is 2.38 bits per heavy atom. The molecule has 1 atom stereocenters. The van der Waals surface area contributed by atoms with Crippen LogP contribution in [0, 0.1) is 5.82 Å². The van der Waals surface area contributed by atoms with E-state index in [9.17, 15) is 19.1 Å². The lowest BCUT2D eigenvalue weighted by Crippen LogP contribution is -2.45. The summed E-state index contributed by atoms with van der Waals surface area (Å²) in [6, 6.07) is 18.5. The van der Waals surface area contributed by atoms with E-state index in [4.69, 9.17) is 4.74 Å². The fourth-order valence-electron chi connectivity index (χ4n) is 3.84. The Kier molecular flexibility index (Phi) is 7.39. The number of rotatable bonds is 7. The SMILES string of the molecule is O=C(NC(Cc1ccc(O)cc1)C(=O)Nc1ccccc1N1CCOCC1)c1ccccc1F. The van der Waals surface area contributed by atoms with Gasteiger partial charge in [-0.15, -0.1) is 0 Å². The van der Waals surface area contributed by atoms with E-state index >= 15 is 0 Å². The molecule has 1 unspecified atom stereocenters. The van der Waals surface area contributed by atoms with Crippen LogP contribution < -0.4 is 15.5 Å². The third kappa shape index (κ3) is 5.71. The second-order valence-electron chi connectivity index (χ2n) is 7.98. The van der Waals surface area contributed by atoms with E-state index in [0.717, 1.165) is 11.3 Å². The summed E-state index contributed by atoms with van der Waals surface area (Å²) in [5.41, 5.74) is 2.07. The van der Waals surface area contributed by atoms with Crippen molar-refractivity contribution in [2.75, 3.05) is 36.5 Å². The van der Waals surface area contributed by atoms with Crippen LogP contribution in [0.25, 0.3) is 0 Å². The maximum absolute atomic E-state index is 14.2. The van der Waals surface area contributed by atoms with Crippen molar-refractivity contribution in [3.05, 3.63) is 89.7 Å². The molecule has 0 saturated carbocycles. The Bertz CT molecular complexity index is 1150. The molecule has 0 aromatic heterocycles. The number of nitrogens with one attached hydrogen (secondary N) is 2. The number of ether oxygens (including phenoxy) is 1. The summed E-state index contributed by atoms with van der Waals surface area (Å²) in [5, 5.41) is 15.2. The fourth-order valence-corrected chi connectivity index (χ4v) is 3.84. The van der Waals surface area contributed by atoms with E-state index in [0.29, 0.717) is 32.0 Å². The number of anilines is 2. The molecule has 3 aromatic carbocycles. The molecule has 7 nitrogen and oxygen atoms in total. The van der Waals surface area contributed by atoms with Gasteiger partial charge in [-0.1, -0.05) is 36.4 Å². The average molecular weight is 464 g/mol. The van der Waals surface area contributed by atoms with Crippen LogP contribution in [0.1, 0.15) is 15.9 Å². The number of amides is 2. The highest BCUT2D eigenvalue weighted by atomic mass is 19.1. The summed E-state index contributed by atoms with van der Waals surface area (Å²) in [6.07, 6.45) is 0.159. The van der Waals surface area contributed by atoms with Crippen molar-refractivity contribution >= 4 is 23.2 Å². The number of halogens is 1. The first-order valence-electron chi connectivity index (χ1n) is 11.1. The number of nitrogens with zero attached hydrogens (tertiary/aromatic N) is 1. The highest BCUT2D eigenvalue weighted by Gasteiger charge is 2.25. The topological polar surface area (TPSA) is 90.9 Å². The Balaban J connectivity index is 1.57. The lowest BCUT2D eigenvalue weighted by atomic mass is 10.0. The standard InChI is InChI=1S/C26H26FN3O4/c27-21-6-2-1-5-20(21)25(32)29-23(17-18-9-11-19(31)12-10-18)26(33)28-22-7-3-4-8-24(22)30-13-15-34-16-14-30/h1-12,23,31H,13-17H2,(H,28,33)(H,29,32). The predicted molar refractivity (Wildman–Crippen MR) is 128 cm³/mol. The van der Waals surface area contributed by atoms with Crippen molar-refractivity contribution in [3.63, 3.8) is 0 Å². The molecule has 0 bridgehead atoms. The van der Waals surface area contributed by atoms with Crippen LogP contribution >= 0.6 is 0 Å². The molecule has 1 saturated heterocycles. The summed E-state index contributed by atoms with van der Waals surface area (Å²) in [6.45, 7) is 2.61. The molecule has 1 heterocycles. The smallest absolute Gasteiger partial charge is 0.254 e. The Morgan fingerprint density at radius 1 is 0.971 bits per heavy atom. The summed E-state index contributed by atoms with van der Waals surface area (Å²) in [4.78, 5) is 28.3. The summed E-state index contributed by atoms with van der Waals surface area (Å²) >= 11 is 0. The molecule has 2 amide bonds. The number of benzene rings is 3. The largest absolute Gasteiger partial charge is 0.508 e. The van der Waals surface area contributed by atoms with Gasteiger partial charge in [-0.05, 0) is 42.0 Å². The van der Waals surface area contributed by atoms with Crippen LogP contribution in [0.3, 0.4) is 0 Å². The number of phenolic OH excluding ortho intramolecular Hbond substituents is 1. The van der Waals surface area contributed by atoms with Crippen molar-refractivity contribution in [3.8, 4) is 5.75 Å². The lowest BCUT2D eigenvalue weighted by molar-refractivity contribution is -0.118. The first-order chi connectivity index (χ1) is 16.5. The molecule has 1 aliphatic rings. The highest BCUT2D eigenvalue weighted by molar-refractivity contribution is 6.02. The van der Waals surface area contributed by atoms with Crippen molar-refractivity contribution < 1.29 is 23.8 Å². The monoisotopic (exact) mass is 463 g/mol. The normalized spacial score (nSPS) is 14.3. The second-order valence-corrected chi connectivity index (χ2v) is 7.98. The number of para-hydroxylation sites is 2. The fraction of sp³-hybridized carbons (Fsp3) is 0.231. The zero-order valence-corrected chi connectivity index (χ0v) is 18.5. The van der Waals surface area contributed by atoms with Crippen LogP contribution in [0.5, 0.6) is 5.75 Å². The van der Waals surface area contributed by atoms with Gasteiger partial charge in [-0.2, -0.15) is 0 Å². The van der Waals surface area contributed by atoms with Crippen LogP contribution in [-0.4, -0.2) is 49.3 Å². The molecule has 176 valence electrons. The number of hydrogen-bond acceptors (Lipinski definition) is 5. The van der Waals surface area contributed by atoms with Crippen molar-refractivity contribution in [1.82, 2.24) is 5.32 Å². The quantitative estimate of drug-likeness (QED) is 0.500. The van der Waals surface area contributed by atoms with Crippen LogP contribution in [0.15, 0.2) is 72.8 Å². The number of carbonyl (C=O) groups is 2. The molecular formula is C26H26FN3O4. The molecule has 1 aliphatic heterocycles. The predicted octanol–water partition coefficient (Wildman–Crippen LogP) is 3.35. The van der Waals surface area contributed by atoms with Crippen molar-refractivity contribution in [2.45, 2.75) is 12.5 Å². The van der Waals surface area contributed by atoms with Gasteiger partial charge in [0.05, 0.1) is 30.2 Å². The second kappa shape index (κ2) is 10.8.